The van der Waals surface area contributed by atoms with E-state index in [1.807, 2.05) is 0 Å². The van der Waals surface area contributed by atoms with Crippen LogP contribution >= 0.6 is 0 Å². The van der Waals surface area contributed by atoms with Gasteiger partial charge < -0.3 is 10.1 Å². The van der Waals surface area contributed by atoms with E-state index in [1.54, 1.807) is 0 Å². The summed E-state index contributed by atoms with van der Waals surface area (Å²) in [6.45, 7) is 7.39. The van der Waals surface area contributed by atoms with Gasteiger partial charge in [-0.15, -0.1) is 0 Å². The normalized spacial score (nSPS) is 24.7. The summed E-state index contributed by atoms with van der Waals surface area (Å²) in [6, 6.07) is 6.39. The SMILES string of the molecule is Cc1cccc(NCC2CCC(C)O2)c1C. The molecule has 2 atom stereocenters. The van der Waals surface area contributed by atoms with Gasteiger partial charge in [0.1, 0.15) is 0 Å². The van der Waals surface area contributed by atoms with Crippen LogP contribution in [0.1, 0.15) is 30.9 Å². The minimum atomic E-state index is 0.384. The number of rotatable bonds is 3. The van der Waals surface area contributed by atoms with Crippen molar-refractivity contribution in [3.05, 3.63) is 29.3 Å². The van der Waals surface area contributed by atoms with Crippen LogP contribution in [-0.4, -0.2) is 18.8 Å². The fraction of sp³-hybridized carbons (Fsp3) is 0.571. The van der Waals surface area contributed by atoms with Crippen molar-refractivity contribution in [1.82, 2.24) is 0 Å². The molecule has 1 fully saturated rings. The first-order chi connectivity index (χ1) is 7.66. The van der Waals surface area contributed by atoms with Crippen molar-refractivity contribution in [2.45, 2.75) is 45.8 Å². The molecule has 2 heteroatoms. The summed E-state index contributed by atoms with van der Waals surface area (Å²) in [7, 11) is 0. The molecule has 0 saturated carbocycles. The van der Waals surface area contributed by atoms with Gasteiger partial charge in [0.25, 0.3) is 0 Å². The second kappa shape index (κ2) is 4.88. The molecule has 0 amide bonds. The molecule has 2 nitrogen and oxygen atoms in total. The number of ether oxygens (including phenoxy) is 1. The molecule has 1 aromatic rings. The molecule has 1 heterocycles. The number of anilines is 1. The Balaban J connectivity index is 1.92. The standard InChI is InChI=1S/C14H21NO/c1-10-5-4-6-14(12(10)3)15-9-13-8-7-11(2)16-13/h4-6,11,13,15H,7-9H2,1-3H3. The molecule has 0 aliphatic carbocycles. The first-order valence-corrected chi connectivity index (χ1v) is 6.12. The van der Waals surface area contributed by atoms with E-state index in [9.17, 15) is 0 Å². The van der Waals surface area contributed by atoms with Gasteiger partial charge in [0, 0.05) is 12.2 Å². The minimum absolute atomic E-state index is 0.384. The molecule has 0 spiro atoms. The summed E-state index contributed by atoms with van der Waals surface area (Å²) in [5.74, 6) is 0. The lowest BCUT2D eigenvalue weighted by molar-refractivity contribution is 0.0637. The summed E-state index contributed by atoms with van der Waals surface area (Å²) in [5.41, 5.74) is 3.92. The highest BCUT2D eigenvalue weighted by molar-refractivity contribution is 5.53. The van der Waals surface area contributed by atoms with E-state index in [2.05, 4.69) is 44.3 Å². The zero-order valence-corrected chi connectivity index (χ0v) is 10.4. The lowest BCUT2D eigenvalue weighted by atomic mass is 10.1. The maximum atomic E-state index is 5.79. The van der Waals surface area contributed by atoms with Crippen LogP contribution in [0.25, 0.3) is 0 Å². The van der Waals surface area contributed by atoms with Crippen molar-refractivity contribution in [2.24, 2.45) is 0 Å². The molecule has 2 unspecified atom stereocenters. The lowest BCUT2D eigenvalue weighted by Gasteiger charge is -2.15. The van der Waals surface area contributed by atoms with E-state index in [0.29, 0.717) is 12.2 Å². The Labute approximate surface area is 98.0 Å². The van der Waals surface area contributed by atoms with Crippen LogP contribution in [0.5, 0.6) is 0 Å². The van der Waals surface area contributed by atoms with Gasteiger partial charge in [-0.25, -0.2) is 0 Å². The molecule has 1 aliphatic rings. The number of hydrogen-bond donors (Lipinski definition) is 1. The molecule has 2 rings (SSSR count). The maximum absolute atomic E-state index is 5.79. The Hall–Kier alpha value is -1.02. The summed E-state index contributed by atoms with van der Waals surface area (Å²) in [4.78, 5) is 0. The Morgan fingerprint density at radius 2 is 2.12 bits per heavy atom. The number of aryl methyl sites for hydroxylation is 1. The van der Waals surface area contributed by atoms with Gasteiger partial charge in [-0.2, -0.15) is 0 Å². The molecule has 88 valence electrons. The van der Waals surface area contributed by atoms with Crippen molar-refractivity contribution >= 4 is 5.69 Å². The van der Waals surface area contributed by atoms with Crippen molar-refractivity contribution in [3.8, 4) is 0 Å². The highest BCUT2D eigenvalue weighted by Crippen LogP contribution is 2.22. The van der Waals surface area contributed by atoms with Crippen LogP contribution in [-0.2, 0) is 4.74 Å². The number of hydrogen-bond acceptors (Lipinski definition) is 2. The van der Waals surface area contributed by atoms with Crippen LogP contribution in [0.4, 0.5) is 5.69 Å². The van der Waals surface area contributed by atoms with Crippen LogP contribution in [0.3, 0.4) is 0 Å². The zero-order valence-electron chi connectivity index (χ0n) is 10.4. The van der Waals surface area contributed by atoms with E-state index in [4.69, 9.17) is 4.74 Å². The summed E-state index contributed by atoms with van der Waals surface area (Å²) in [5, 5.41) is 3.49. The lowest BCUT2D eigenvalue weighted by Crippen LogP contribution is -2.20. The molecular weight excluding hydrogens is 198 g/mol. The summed E-state index contributed by atoms with van der Waals surface area (Å²) in [6.07, 6.45) is 3.19. The Morgan fingerprint density at radius 3 is 2.81 bits per heavy atom. The molecule has 1 aromatic carbocycles. The molecule has 0 aromatic heterocycles. The van der Waals surface area contributed by atoms with Gasteiger partial charge in [-0.3, -0.25) is 0 Å². The molecule has 1 aliphatic heterocycles. The summed E-state index contributed by atoms with van der Waals surface area (Å²) >= 11 is 0. The topological polar surface area (TPSA) is 21.3 Å². The van der Waals surface area contributed by atoms with E-state index in [0.717, 1.165) is 6.54 Å². The molecule has 1 N–H and O–H groups in total. The highest BCUT2D eigenvalue weighted by atomic mass is 16.5. The quantitative estimate of drug-likeness (QED) is 0.842. The fourth-order valence-corrected chi connectivity index (χ4v) is 2.20. The summed E-state index contributed by atoms with van der Waals surface area (Å²) < 4.78 is 5.79. The third kappa shape index (κ3) is 2.56. The first-order valence-electron chi connectivity index (χ1n) is 6.12. The highest BCUT2D eigenvalue weighted by Gasteiger charge is 2.21. The van der Waals surface area contributed by atoms with Gasteiger partial charge >= 0.3 is 0 Å². The Morgan fingerprint density at radius 1 is 1.31 bits per heavy atom. The van der Waals surface area contributed by atoms with Crippen LogP contribution in [0.15, 0.2) is 18.2 Å². The predicted octanol–water partition coefficient (Wildman–Crippen LogP) is 3.28. The van der Waals surface area contributed by atoms with Crippen molar-refractivity contribution < 1.29 is 4.74 Å². The zero-order chi connectivity index (χ0) is 11.5. The third-order valence-corrected chi connectivity index (χ3v) is 3.44. The van der Waals surface area contributed by atoms with E-state index in [1.165, 1.54) is 29.7 Å². The Bertz CT molecular complexity index is 362. The van der Waals surface area contributed by atoms with E-state index in [-0.39, 0.29) is 0 Å². The Kier molecular flexibility index (Phi) is 3.49. The van der Waals surface area contributed by atoms with Crippen LogP contribution in [0.2, 0.25) is 0 Å². The minimum Gasteiger partial charge on any atom is -0.382 e. The molecular formula is C14H21NO. The molecule has 16 heavy (non-hydrogen) atoms. The molecule has 0 bridgehead atoms. The van der Waals surface area contributed by atoms with Crippen molar-refractivity contribution in [3.63, 3.8) is 0 Å². The second-order valence-electron chi connectivity index (χ2n) is 4.77. The third-order valence-electron chi connectivity index (χ3n) is 3.44. The average molecular weight is 219 g/mol. The maximum Gasteiger partial charge on any atom is 0.0751 e. The van der Waals surface area contributed by atoms with E-state index < -0.39 is 0 Å². The van der Waals surface area contributed by atoms with Crippen LogP contribution < -0.4 is 5.32 Å². The van der Waals surface area contributed by atoms with Gasteiger partial charge in [-0.05, 0) is 50.8 Å². The van der Waals surface area contributed by atoms with Crippen molar-refractivity contribution in [2.75, 3.05) is 11.9 Å². The average Bonchev–Trinajstić information content (AvgIpc) is 2.67. The smallest absolute Gasteiger partial charge is 0.0751 e. The monoisotopic (exact) mass is 219 g/mol. The second-order valence-corrected chi connectivity index (χ2v) is 4.77. The van der Waals surface area contributed by atoms with Gasteiger partial charge in [-0.1, -0.05) is 12.1 Å². The van der Waals surface area contributed by atoms with Gasteiger partial charge in [0.2, 0.25) is 0 Å². The van der Waals surface area contributed by atoms with Crippen LogP contribution in [0, 0.1) is 13.8 Å². The predicted molar refractivity (Wildman–Crippen MR) is 68.0 cm³/mol. The molecule has 1 saturated heterocycles. The van der Waals surface area contributed by atoms with Gasteiger partial charge in [0.05, 0.1) is 12.2 Å². The number of benzene rings is 1. The first kappa shape index (κ1) is 11.5. The van der Waals surface area contributed by atoms with E-state index >= 15 is 0 Å². The van der Waals surface area contributed by atoms with Crippen molar-refractivity contribution in [1.29, 1.82) is 0 Å². The fourth-order valence-electron chi connectivity index (χ4n) is 2.20. The molecule has 0 radical (unpaired) electrons. The largest absolute Gasteiger partial charge is 0.382 e. The number of nitrogens with one attached hydrogen (secondary N) is 1. The van der Waals surface area contributed by atoms with Gasteiger partial charge in [0.15, 0.2) is 0 Å².